The first-order valence-corrected chi connectivity index (χ1v) is 17.3. The van der Waals surface area contributed by atoms with Gasteiger partial charge in [0, 0.05) is 7.05 Å². The lowest BCUT2D eigenvalue weighted by molar-refractivity contribution is -0.288. The van der Waals surface area contributed by atoms with Crippen molar-refractivity contribution in [1.29, 1.82) is 0 Å². The Morgan fingerprint density at radius 3 is 1.49 bits per heavy atom. The van der Waals surface area contributed by atoms with Gasteiger partial charge in [0.1, 0.15) is 5.75 Å². The number of aryl methyl sites for hydroxylation is 1. The Hall–Kier alpha value is -6.32. The van der Waals surface area contributed by atoms with Gasteiger partial charge < -0.3 is 9.47 Å². The molecule has 4 aromatic rings. The number of hydrogen-bond acceptors (Lipinski definition) is 8. The number of hydrogen-bond donors (Lipinski definition) is 0. The maximum Gasteiger partial charge on any atom is 0.411 e. The highest BCUT2D eigenvalue weighted by molar-refractivity contribution is 6.35. The number of rotatable bonds is 8. The van der Waals surface area contributed by atoms with E-state index in [0.29, 0.717) is 62.9 Å². The predicted octanol–water partition coefficient (Wildman–Crippen LogP) is 8.22. The van der Waals surface area contributed by atoms with Crippen LogP contribution in [0.3, 0.4) is 0 Å². The monoisotopic (exact) mass is 794 g/mol. The molecule has 10 nitrogen and oxygen atoms in total. The van der Waals surface area contributed by atoms with E-state index in [0.717, 1.165) is 7.05 Å². The zero-order chi connectivity index (χ0) is 42.1. The lowest BCUT2D eigenvalue weighted by Crippen LogP contribution is -2.55. The zero-order valence-corrected chi connectivity index (χ0v) is 31.0. The molecular formula is C41H32F6N2O8. The largest absolute Gasteiger partial charge is 0.426 e. The Morgan fingerprint density at radius 2 is 0.982 bits per heavy atom. The minimum absolute atomic E-state index is 0.230. The normalized spacial score (nSPS) is 14.5. The van der Waals surface area contributed by atoms with Crippen LogP contribution in [0.1, 0.15) is 85.8 Å². The maximum atomic E-state index is 15.2. The van der Waals surface area contributed by atoms with Gasteiger partial charge >= 0.3 is 24.3 Å². The Balaban J connectivity index is 1.47. The molecule has 0 spiro atoms. The number of carbonyl (C=O) groups excluding carboxylic acids is 6. The number of anilines is 1. The molecule has 6 rings (SSSR count). The summed E-state index contributed by atoms with van der Waals surface area (Å²) < 4.78 is 102. The number of esters is 2. The number of halogens is 6. The summed E-state index contributed by atoms with van der Waals surface area (Å²) in [4.78, 5) is 79.1. The number of imide groups is 2. The van der Waals surface area contributed by atoms with Crippen molar-refractivity contribution < 1.29 is 64.6 Å². The van der Waals surface area contributed by atoms with Crippen LogP contribution in [0.4, 0.5) is 32.0 Å². The molecule has 16 heteroatoms. The Bertz CT molecular complexity index is 2400. The molecule has 2 aliphatic rings. The molecule has 0 saturated heterocycles. The van der Waals surface area contributed by atoms with Crippen molar-refractivity contribution in [2.45, 2.75) is 52.4 Å². The highest BCUT2D eigenvalue weighted by atomic mass is 19.4. The third-order valence-electron chi connectivity index (χ3n) is 9.78. The molecule has 2 aliphatic heterocycles. The Kier molecular flexibility index (Phi) is 9.91. The summed E-state index contributed by atoms with van der Waals surface area (Å²) in [6.45, 7) is 8.02. The van der Waals surface area contributed by atoms with Crippen molar-refractivity contribution in [3.8, 4) is 22.6 Å². The lowest BCUT2D eigenvalue weighted by atomic mass is 9.71. The predicted molar refractivity (Wildman–Crippen MR) is 191 cm³/mol. The molecule has 0 saturated carbocycles. The van der Waals surface area contributed by atoms with Gasteiger partial charge in [-0.2, -0.15) is 26.3 Å². The molecule has 0 unspecified atom stereocenters. The molecule has 0 radical (unpaired) electrons. The first-order valence-electron chi connectivity index (χ1n) is 17.3. The fraction of sp³-hybridized carbons (Fsp3) is 0.268. The molecule has 0 atom stereocenters. The number of amides is 4. The van der Waals surface area contributed by atoms with Gasteiger partial charge in [-0.3, -0.25) is 33.7 Å². The number of benzene rings is 4. The number of carbonyl (C=O) groups is 6. The molecule has 0 bridgehead atoms. The fourth-order valence-corrected chi connectivity index (χ4v) is 6.57. The van der Waals surface area contributed by atoms with Gasteiger partial charge in [-0.05, 0) is 77.2 Å². The van der Waals surface area contributed by atoms with Gasteiger partial charge in [0.25, 0.3) is 23.6 Å². The van der Waals surface area contributed by atoms with Crippen LogP contribution in [0.5, 0.6) is 11.5 Å². The van der Waals surface area contributed by atoms with Crippen molar-refractivity contribution in [3.63, 3.8) is 0 Å². The van der Waals surface area contributed by atoms with Gasteiger partial charge in [-0.25, -0.2) is 4.90 Å². The Labute approximate surface area is 321 Å². The summed E-state index contributed by atoms with van der Waals surface area (Å²) in [6.07, 6.45) is -12.3. The van der Waals surface area contributed by atoms with Crippen LogP contribution >= 0.6 is 0 Å². The van der Waals surface area contributed by atoms with Crippen molar-refractivity contribution in [2.24, 2.45) is 11.8 Å². The van der Waals surface area contributed by atoms with Crippen LogP contribution in [-0.4, -0.2) is 59.9 Å². The quantitative estimate of drug-likeness (QED) is 0.0756. The summed E-state index contributed by atoms with van der Waals surface area (Å²) in [5.74, 6) is -7.07. The van der Waals surface area contributed by atoms with Gasteiger partial charge in [-0.15, -0.1) is 0 Å². The minimum atomic E-state index is -6.15. The zero-order valence-electron chi connectivity index (χ0n) is 31.0. The fourth-order valence-electron chi connectivity index (χ4n) is 6.57. The maximum absolute atomic E-state index is 15.2. The second-order valence-corrected chi connectivity index (χ2v) is 14.2. The van der Waals surface area contributed by atoms with Crippen molar-refractivity contribution in [1.82, 2.24) is 4.90 Å². The average Bonchev–Trinajstić information content (AvgIpc) is 3.50. The van der Waals surface area contributed by atoms with E-state index in [9.17, 15) is 28.8 Å². The van der Waals surface area contributed by atoms with E-state index >= 15 is 26.3 Å². The molecule has 0 aliphatic carbocycles. The van der Waals surface area contributed by atoms with Crippen LogP contribution in [0.15, 0.2) is 72.8 Å². The molecule has 296 valence electrons. The van der Waals surface area contributed by atoms with E-state index < -0.39 is 98.6 Å². The molecule has 2 heterocycles. The molecule has 0 fully saturated rings. The Morgan fingerprint density at radius 1 is 0.561 bits per heavy atom. The third-order valence-corrected chi connectivity index (χ3v) is 9.78. The van der Waals surface area contributed by atoms with Crippen molar-refractivity contribution in [3.05, 3.63) is 112 Å². The average molecular weight is 795 g/mol. The topological polar surface area (TPSA) is 127 Å². The first-order chi connectivity index (χ1) is 26.5. The van der Waals surface area contributed by atoms with Crippen LogP contribution in [0.25, 0.3) is 11.1 Å². The van der Waals surface area contributed by atoms with E-state index in [1.54, 1.807) is 39.0 Å². The molecule has 0 N–H and O–H groups in total. The van der Waals surface area contributed by atoms with E-state index in [4.69, 9.17) is 9.47 Å². The van der Waals surface area contributed by atoms with Gasteiger partial charge in [0.15, 0.2) is 5.75 Å². The molecule has 0 aromatic heterocycles. The number of fused-ring (bicyclic) bond motifs is 2. The highest BCUT2D eigenvalue weighted by Crippen LogP contribution is 2.57. The van der Waals surface area contributed by atoms with Gasteiger partial charge in [0.05, 0.1) is 39.8 Å². The van der Waals surface area contributed by atoms with E-state index in [-0.39, 0.29) is 17.2 Å². The summed E-state index contributed by atoms with van der Waals surface area (Å²) in [6, 6.07) is 11.7. The first kappa shape index (κ1) is 40.3. The van der Waals surface area contributed by atoms with Gasteiger partial charge in [0.2, 0.25) is 5.41 Å². The lowest BCUT2D eigenvalue weighted by Gasteiger charge is -2.38. The molecule has 57 heavy (non-hydrogen) atoms. The number of nitrogens with zero attached hydrogens (tertiary/aromatic N) is 2. The standard InChI is InChI=1S/C41H32F6N2O8/c1-19(2)37(54)56-31-15-22(8-7-21(31)5)23-9-14-30(32(16-23)57-38(55)20(3)4)49-35(52)27-13-11-25(18-29(27)36(49)53)39(40(42,43)44,41(45,46)47)24-10-12-26-28(17-24)34(51)48(6)33(26)50/h7-20H,1-6H3. The summed E-state index contributed by atoms with van der Waals surface area (Å²) in [5.41, 5.74) is -9.15. The van der Waals surface area contributed by atoms with Crippen LogP contribution in [0.2, 0.25) is 0 Å². The summed E-state index contributed by atoms with van der Waals surface area (Å²) in [5, 5.41) is 0. The second kappa shape index (κ2) is 14.0. The van der Waals surface area contributed by atoms with Crippen LogP contribution in [0, 0.1) is 18.8 Å². The third kappa shape index (κ3) is 6.51. The van der Waals surface area contributed by atoms with Gasteiger partial charge in [-0.1, -0.05) is 58.0 Å². The summed E-state index contributed by atoms with van der Waals surface area (Å²) in [7, 11) is 1.02. The highest BCUT2D eigenvalue weighted by Gasteiger charge is 2.73. The smallest absolute Gasteiger partial charge is 0.411 e. The molecule has 4 amide bonds. The van der Waals surface area contributed by atoms with Crippen molar-refractivity contribution >= 4 is 41.3 Å². The SMILES string of the molecule is Cc1ccc(-c2ccc(N3C(=O)c4ccc(C(c5ccc6c(c5)C(=O)N(C)C6=O)(C(F)(F)F)C(F)(F)F)cc4C3=O)c(OC(=O)C(C)C)c2)cc1OC(=O)C(C)C. The minimum Gasteiger partial charge on any atom is -0.426 e. The van der Waals surface area contributed by atoms with Crippen LogP contribution < -0.4 is 14.4 Å². The van der Waals surface area contributed by atoms with Crippen LogP contribution in [-0.2, 0) is 15.0 Å². The van der Waals surface area contributed by atoms with E-state index in [1.165, 1.54) is 32.0 Å². The second-order valence-electron chi connectivity index (χ2n) is 14.2. The van der Waals surface area contributed by atoms with Crippen molar-refractivity contribution in [2.75, 3.05) is 11.9 Å². The van der Waals surface area contributed by atoms with E-state index in [2.05, 4.69) is 0 Å². The number of alkyl halides is 6. The molecular weight excluding hydrogens is 762 g/mol. The van der Waals surface area contributed by atoms with E-state index in [1.807, 2.05) is 0 Å². The molecule has 4 aromatic carbocycles. The number of ether oxygens (including phenoxy) is 2. The summed E-state index contributed by atoms with van der Waals surface area (Å²) >= 11 is 0.